The van der Waals surface area contributed by atoms with Crippen molar-refractivity contribution in [3.63, 3.8) is 0 Å². The number of benzene rings is 1. The van der Waals surface area contributed by atoms with Crippen molar-refractivity contribution in [3.8, 4) is 6.07 Å². The number of aliphatic hydroxyl groups is 1. The molecule has 0 bridgehead atoms. The highest BCUT2D eigenvalue weighted by Crippen LogP contribution is 2.32. The fourth-order valence-corrected chi connectivity index (χ4v) is 3.09. The molecule has 1 fully saturated rings. The summed E-state index contributed by atoms with van der Waals surface area (Å²) in [7, 11) is 0. The van der Waals surface area contributed by atoms with Crippen molar-refractivity contribution >= 4 is 5.69 Å². The minimum Gasteiger partial charge on any atom is -0.388 e. The normalized spacial score (nSPS) is 16.8. The van der Waals surface area contributed by atoms with Crippen LogP contribution in [-0.2, 0) is 0 Å². The number of anilines is 1. The molecule has 1 aliphatic heterocycles. The smallest absolute Gasteiger partial charge is 0.143 e. The molecule has 0 aliphatic carbocycles. The van der Waals surface area contributed by atoms with Gasteiger partial charge >= 0.3 is 0 Å². The molecular weight excluding hydrogens is 293 g/mol. The van der Waals surface area contributed by atoms with Gasteiger partial charge in [0, 0.05) is 31.2 Å². The van der Waals surface area contributed by atoms with Gasteiger partial charge in [-0.1, -0.05) is 6.07 Å². The minimum absolute atomic E-state index is 0.0654. The van der Waals surface area contributed by atoms with E-state index in [0.29, 0.717) is 0 Å². The molecule has 1 atom stereocenters. The second-order valence-electron chi connectivity index (χ2n) is 5.83. The van der Waals surface area contributed by atoms with Crippen LogP contribution in [0, 0.1) is 23.1 Å². The maximum absolute atomic E-state index is 13.7. The van der Waals surface area contributed by atoms with E-state index in [1.807, 2.05) is 18.2 Å². The molecule has 0 spiro atoms. The highest BCUT2D eigenvalue weighted by molar-refractivity contribution is 5.50. The van der Waals surface area contributed by atoms with Gasteiger partial charge in [0.05, 0.1) is 11.7 Å². The summed E-state index contributed by atoms with van der Waals surface area (Å²) >= 11 is 0. The molecule has 23 heavy (non-hydrogen) atoms. The predicted octanol–water partition coefficient (Wildman–Crippen LogP) is 3.04. The van der Waals surface area contributed by atoms with E-state index in [2.05, 4.69) is 9.88 Å². The summed E-state index contributed by atoms with van der Waals surface area (Å²) in [4.78, 5) is 6.14. The van der Waals surface area contributed by atoms with Gasteiger partial charge in [-0.2, -0.15) is 5.26 Å². The van der Waals surface area contributed by atoms with E-state index in [1.165, 1.54) is 12.1 Å². The van der Waals surface area contributed by atoms with E-state index >= 15 is 0 Å². The van der Waals surface area contributed by atoms with Crippen LogP contribution in [0.15, 0.2) is 42.7 Å². The Morgan fingerprint density at radius 2 is 2.09 bits per heavy atom. The van der Waals surface area contributed by atoms with E-state index in [9.17, 15) is 9.50 Å². The van der Waals surface area contributed by atoms with Gasteiger partial charge in [0.2, 0.25) is 0 Å². The number of pyridine rings is 1. The van der Waals surface area contributed by atoms with Crippen LogP contribution in [0.4, 0.5) is 10.1 Å². The zero-order chi connectivity index (χ0) is 16.2. The van der Waals surface area contributed by atoms with Crippen LogP contribution in [0.1, 0.15) is 30.1 Å². The van der Waals surface area contributed by atoms with Gasteiger partial charge in [0.1, 0.15) is 11.9 Å². The van der Waals surface area contributed by atoms with E-state index in [4.69, 9.17) is 5.26 Å². The second-order valence-corrected chi connectivity index (χ2v) is 5.83. The van der Waals surface area contributed by atoms with Crippen molar-refractivity contribution in [2.45, 2.75) is 18.9 Å². The quantitative estimate of drug-likeness (QED) is 0.946. The summed E-state index contributed by atoms with van der Waals surface area (Å²) in [6.45, 7) is 1.51. The number of nitriles is 1. The third kappa shape index (κ3) is 3.33. The van der Waals surface area contributed by atoms with Crippen LogP contribution in [0.2, 0.25) is 0 Å². The highest BCUT2D eigenvalue weighted by atomic mass is 19.1. The predicted molar refractivity (Wildman–Crippen MR) is 85.2 cm³/mol. The van der Waals surface area contributed by atoms with Crippen LogP contribution in [0.25, 0.3) is 0 Å². The highest BCUT2D eigenvalue weighted by Gasteiger charge is 2.26. The topological polar surface area (TPSA) is 60.2 Å². The number of hydrogen-bond acceptors (Lipinski definition) is 4. The molecule has 1 N–H and O–H groups in total. The molecule has 0 unspecified atom stereocenters. The van der Waals surface area contributed by atoms with Crippen molar-refractivity contribution in [1.82, 2.24) is 4.98 Å². The van der Waals surface area contributed by atoms with Gasteiger partial charge < -0.3 is 10.0 Å². The van der Waals surface area contributed by atoms with Gasteiger partial charge in [-0.3, -0.25) is 4.98 Å². The summed E-state index contributed by atoms with van der Waals surface area (Å²) in [5.74, 6) is -0.304. The molecule has 4 nitrogen and oxygen atoms in total. The Bertz CT molecular complexity index is 706. The number of piperidine rings is 1. The lowest BCUT2D eigenvalue weighted by Crippen LogP contribution is -2.35. The van der Waals surface area contributed by atoms with Crippen LogP contribution in [-0.4, -0.2) is 23.2 Å². The number of nitrogens with zero attached hydrogens (tertiary/aromatic N) is 3. The van der Waals surface area contributed by atoms with Crippen molar-refractivity contribution in [3.05, 3.63) is 59.7 Å². The number of halogens is 1. The Kier molecular flexibility index (Phi) is 4.54. The molecule has 1 saturated heterocycles. The fraction of sp³-hybridized carbons (Fsp3) is 0.333. The average Bonchev–Trinajstić information content (AvgIpc) is 2.62. The summed E-state index contributed by atoms with van der Waals surface area (Å²) in [6.07, 6.45) is 4.55. The molecule has 0 amide bonds. The van der Waals surface area contributed by atoms with Crippen molar-refractivity contribution in [2.24, 2.45) is 5.92 Å². The number of aromatic nitrogens is 1. The Labute approximate surface area is 134 Å². The molecule has 1 aromatic heterocycles. The molecule has 2 heterocycles. The van der Waals surface area contributed by atoms with E-state index in [-0.39, 0.29) is 11.5 Å². The first-order chi connectivity index (χ1) is 11.2. The molecule has 0 saturated carbocycles. The van der Waals surface area contributed by atoms with Gasteiger partial charge in [-0.25, -0.2) is 4.39 Å². The molecule has 1 aromatic carbocycles. The average molecular weight is 311 g/mol. The summed E-state index contributed by atoms with van der Waals surface area (Å²) in [5.41, 5.74) is 1.70. The summed E-state index contributed by atoms with van der Waals surface area (Å²) in [5, 5.41) is 19.2. The van der Waals surface area contributed by atoms with Gasteiger partial charge in [-0.05, 0) is 48.6 Å². The standard InChI is InChI=1S/C18H18FN3O/c19-17-10-16(4-3-14(17)11-20)22-8-5-13(6-9-22)18(23)15-2-1-7-21-12-15/h1-4,7,10,12-13,18,23H,5-6,8-9H2/t18-/m0/s1. The van der Waals surface area contributed by atoms with Gasteiger partial charge in [-0.15, -0.1) is 0 Å². The van der Waals surface area contributed by atoms with Crippen molar-refractivity contribution in [2.75, 3.05) is 18.0 Å². The lowest BCUT2D eigenvalue weighted by molar-refractivity contribution is 0.0926. The van der Waals surface area contributed by atoms with E-state index in [0.717, 1.165) is 37.2 Å². The zero-order valence-electron chi connectivity index (χ0n) is 12.7. The monoisotopic (exact) mass is 311 g/mol. The van der Waals surface area contributed by atoms with Crippen LogP contribution < -0.4 is 4.90 Å². The maximum Gasteiger partial charge on any atom is 0.143 e. The van der Waals surface area contributed by atoms with Crippen LogP contribution in [0.3, 0.4) is 0 Å². The summed E-state index contributed by atoms with van der Waals surface area (Å²) < 4.78 is 13.7. The zero-order valence-corrected chi connectivity index (χ0v) is 12.7. The molecule has 3 rings (SSSR count). The third-order valence-corrected chi connectivity index (χ3v) is 4.45. The van der Waals surface area contributed by atoms with E-state index in [1.54, 1.807) is 18.5 Å². The Morgan fingerprint density at radius 1 is 1.30 bits per heavy atom. The Hall–Kier alpha value is -2.45. The number of aliphatic hydroxyl groups excluding tert-OH is 1. The maximum atomic E-state index is 13.7. The lowest BCUT2D eigenvalue weighted by atomic mass is 9.88. The molecular formula is C18H18FN3O. The number of rotatable bonds is 3. The summed E-state index contributed by atoms with van der Waals surface area (Å²) in [6, 6.07) is 10.3. The van der Waals surface area contributed by atoms with Crippen molar-refractivity contribution in [1.29, 1.82) is 5.26 Å². The second kappa shape index (κ2) is 6.76. The fourth-order valence-electron chi connectivity index (χ4n) is 3.09. The Balaban J connectivity index is 1.64. The number of hydrogen-bond donors (Lipinski definition) is 1. The lowest BCUT2D eigenvalue weighted by Gasteiger charge is -2.35. The molecule has 118 valence electrons. The first-order valence-electron chi connectivity index (χ1n) is 7.71. The first kappa shape index (κ1) is 15.4. The SMILES string of the molecule is N#Cc1ccc(N2CCC([C@H](O)c3cccnc3)CC2)cc1F. The van der Waals surface area contributed by atoms with Crippen molar-refractivity contribution < 1.29 is 9.50 Å². The van der Waals surface area contributed by atoms with E-state index < -0.39 is 11.9 Å². The molecule has 0 radical (unpaired) electrons. The molecule has 2 aromatic rings. The van der Waals surface area contributed by atoms with Crippen LogP contribution in [0.5, 0.6) is 0 Å². The van der Waals surface area contributed by atoms with Gasteiger partial charge in [0.15, 0.2) is 0 Å². The molecule has 5 heteroatoms. The largest absolute Gasteiger partial charge is 0.388 e. The van der Waals surface area contributed by atoms with Crippen LogP contribution >= 0.6 is 0 Å². The minimum atomic E-state index is -0.511. The van der Waals surface area contributed by atoms with Gasteiger partial charge in [0.25, 0.3) is 0 Å². The molecule has 1 aliphatic rings. The Morgan fingerprint density at radius 3 is 2.70 bits per heavy atom. The third-order valence-electron chi connectivity index (χ3n) is 4.45. The first-order valence-corrected chi connectivity index (χ1v) is 7.71.